The summed E-state index contributed by atoms with van der Waals surface area (Å²) in [4.78, 5) is 9.20. The highest BCUT2D eigenvalue weighted by atomic mass is 35.5. The van der Waals surface area contributed by atoms with Gasteiger partial charge in [-0.2, -0.15) is 4.98 Å². The molecule has 118 valence electrons. The van der Waals surface area contributed by atoms with Crippen LogP contribution in [0.4, 0.5) is 16.5 Å². The van der Waals surface area contributed by atoms with Crippen LogP contribution in [0.25, 0.3) is 11.6 Å². The molecule has 1 aliphatic heterocycles. The maximum Gasteiger partial charge on any atom is 0.231 e. The number of rotatable bonds is 3. The maximum absolute atomic E-state index is 10.1. The van der Waals surface area contributed by atoms with Gasteiger partial charge in [0.15, 0.2) is 5.13 Å². The molecule has 4 nitrogen and oxygen atoms in total. The highest BCUT2D eigenvalue weighted by Gasteiger charge is 2.14. The van der Waals surface area contributed by atoms with Gasteiger partial charge in [0.05, 0.1) is 21.3 Å². The number of benzene rings is 2. The van der Waals surface area contributed by atoms with Crippen LogP contribution in [0.5, 0.6) is 5.88 Å². The number of halogens is 1. The molecular weight excluding hydrogens is 342 g/mol. The van der Waals surface area contributed by atoms with E-state index in [9.17, 15) is 5.11 Å². The van der Waals surface area contributed by atoms with Crippen LogP contribution in [0.3, 0.4) is 0 Å². The number of fused-ring (bicyclic) bond motifs is 1. The maximum atomic E-state index is 10.1. The zero-order chi connectivity index (χ0) is 16.5. The fourth-order valence-corrected chi connectivity index (χ4v) is 3.45. The van der Waals surface area contributed by atoms with Crippen molar-refractivity contribution >= 4 is 57.3 Å². The minimum atomic E-state index is -0.0140. The minimum absolute atomic E-state index is 0.0140. The largest absolute Gasteiger partial charge is 0.492 e. The number of anilines is 2. The normalized spacial score (nSPS) is 14.1. The Morgan fingerprint density at radius 2 is 1.88 bits per heavy atom. The van der Waals surface area contributed by atoms with Crippen LogP contribution in [-0.2, 0) is 0 Å². The van der Waals surface area contributed by atoms with Crippen molar-refractivity contribution in [1.29, 1.82) is 0 Å². The van der Waals surface area contributed by atoms with E-state index in [0.717, 1.165) is 22.5 Å². The van der Waals surface area contributed by atoms with Gasteiger partial charge in [0.1, 0.15) is 0 Å². The molecule has 2 heterocycles. The molecular formula is C18H12ClN3OS. The Labute approximate surface area is 147 Å². The SMILES string of the molecule is Oc1nc(Nc2ccccc2Cl)sc1C=C1C=Nc2ccccc21. The zero-order valence-electron chi connectivity index (χ0n) is 12.4. The third-order valence-corrected chi connectivity index (χ3v) is 4.83. The van der Waals surface area contributed by atoms with E-state index in [4.69, 9.17) is 11.6 Å². The third kappa shape index (κ3) is 2.79. The fourth-order valence-electron chi connectivity index (χ4n) is 2.44. The highest BCUT2D eigenvalue weighted by molar-refractivity contribution is 7.16. The molecule has 4 rings (SSSR count). The molecule has 6 heteroatoms. The lowest BCUT2D eigenvalue weighted by molar-refractivity contribution is 0.457. The molecule has 3 aromatic rings. The van der Waals surface area contributed by atoms with Gasteiger partial charge < -0.3 is 10.4 Å². The van der Waals surface area contributed by atoms with E-state index >= 15 is 0 Å². The number of allylic oxidation sites excluding steroid dienone is 1. The summed E-state index contributed by atoms with van der Waals surface area (Å²) in [6.45, 7) is 0. The first-order valence-electron chi connectivity index (χ1n) is 7.27. The molecule has 0 saturated carbocycles. The second-order valence-corrected chi connectivity index (χ2v) is 6.62. The lowest BCUT2D eigenvalue weighted by Crippen LogP contribution is -1.89. The van der Waals surface area contributed by atoms with Gasteiger partial charge in [0.2, 0.25) is 5.88 Å². The van der Waals surface area contributed by atoms with Crippen molar-refractivity contribution in [3.63, 3.8) is 0 Å². The molecule has 0 aliphatic carbocycles. The van der Waals surface area contributed by atoms with Gasteiger partial charge in [-0.05, 0) is 24.3 Å². The van der Waals surface area contributed by atoms with Crippen LogP contribution >= 0.6 is 22.9 Å². The predicted molar refractivity (Wildman–Crippen MR) is 101 cm³/mol. The van der Waals surface area contributed by atoms with E-state index in [-0.39, 0.29) is 5.88 Å². The number of nitrogens with zero attached hydrogens (tertiary/aromatic N) is 2. The molecule has 0 radical (unpaired) electrons. The van der Waals surface area contributed by atoms with E-state index < -0.39 is 0 Å². The Kier molecular flexibility index (Phi) is 3.80. The first-order valence-corrected chi connectivity index (χ1v) is 8.47. The van der Waals surface area contributed by atoms with Crippen LogP contribution in [-0.4, -0.2) is 16.3 Å². The molecule has 0 fully saturated rings. The van der Waals surface area contributed by atoms with Gasteiger partial charge in [0, 0.05) is 17.4 Å². The van der Waals surface area contributed by atoms with Crippen LogP contribution in [0.15, 0.2) is 53.5 Å². The Balaban J connectivity index is 1.65. The first kappa shape index (κ1) is 14.9. The van der Waals surface area contributed by atoms with E-state index in [1.165, 1.54) is 11.3 Å². The number of hydrogen-bond acceptors (Lipinski definition) is 5. The first-order chi connectivity index (χ1) is 11.7. The molecule has 0 unspecified atom stereocenters. The third-order valence-electron chi connectivity index (χ3n) is 3.59. The highest BCUT2D eigenvalue weighted by Crippen LogP contribution is 2.37. The lowest BCUT2D eigenvalue weighted by Gasteiger charge is -2.03. The summed E-state index contributed by atoms with van der Waals surface area (Å²) in [6, 6.07) is 15.3. The van der Waals surface area contributed by atoms with Gasteiger partial charge in [-0.15, -0.1) is 0 Å². The summed E-state index contributed by atoms with van der Waals surface area (Å²) in [5, 5.41) is 14.4. The van der Waals surface area contributed by atoms with Crippen LogP contribution in [0.2, 0.25) is 5.02 Å². The standard InChI is InChI=1S/C18H12ClN3OS/c19-13-6-2-4-8-15(13)21-18-22-17(23)16(24-18)9-11-10-20-14-7-3-1-5-12(11)14/h1-10,23H,(H,21,22). The Hall–Kier alpha value is -2.63. The van der Waals surface area contributed by atoms with Gasteiger partial charge in [-0.25, -0.2) is 0 Å². The average Bonchev–Trinajstić information content (AvgIpc) is 3.14. The monoisotopic (exact) mass is 353 g/mol. The van der Waals surface area contributed by atoms with Crippen LogP contribution in [0, 0.1) is 0 Å². The van der Waals surface area contributed by atoms with E-state index in [0.29, 0.717) is 15.0 Å². The minimum Gasteiger partial charge on any atom is -0.492 e. The van der Waals surface area contributed by atoms with Crippen LogP contribution in [0.1, 0.15) is 10.4 Å². The van der Waals surface area contributed by atoms with E-state index in [1.54, 1.807) is 12.3 Å². The second kappa shape index (κ2) is 6.11. The summed E-state index contributed by atoms with van der Waals surface area (Å²) in [7, 11) is 0. The topological polar surface area (TPSA) is 57.5 Å². The van der Waals surface area contributed by atoms with Crippen molar-refractivity contribution in [1.82, 2.24) is 4.98 Å². The van der Waals surface area contributed by atoms with Crippen molar-refractivity contribution in [3.05, 3.63) is 64.0 Å². The molecule has 0 atom stereocenters. The number of aliphatic imine (C=N–C) groups is 1. The molecule has 0 amide bonds. The summed E-state index contributed by atoms with van der Waals surface area (Å²) in [5.74, 6) is -0.0140. The van der Waals surface area contributed by atoms with E-state index in [2.05, 4.69) is 15.3 Å². The number of hydrogen-bond donors (Lipinski definition) is 2. The van der Waals surface area contributed by atoms with Crippen molar-refractivity contribution in [2.75, 3.05) is 5.32 Å². The molecule has 0 bridgehead atoms. The van der Waals surface area contributed by atoms with Crippen molar-refractivity contribution in [2.24, 2.45) is 4.99 Å². The molecule has 1 aliphatic rings. The molecule has 24 heavy (non-hydrogen) atoms. The van der Waals surface area contributed by atoms with Gasteiger partial charge in [-0.3, -0.25) is 4.99 Å². The summed E-state index contributed by atoms with van der Waals surface area (Å²) in [6.07, 6.45) is 3.69. The lowest BCUT2D eigenvalue weighted by atomic mass is 10.1. The molecule has 2 N–H and O–H groups in total. The quantitative estimate of drug-likeness (QED) is 0.653. The van der Waals surface area contributed by atoms with Gasteiger partial charge in [-0.1, -0.05) is 53.3 Å². The number of para-hydroxylation sites is 2. The average molecular weight is 354 g/mol. The van der Waals surface area contributed by atoms with Gasteiger partial charge in [0.25, 0.3) is 0 Å². The fraction of sp³-hybridized carbons (Fsp3) is 0. The summed E-state index contributed by atoms with van der Waals surface area (Å²) >= 11 is 7.49. The van der Waals surface area contributed by atoms with Gasteiger partial charge >= 0.3 is 0 Å². The Bertz CT molecular complexity index is 978. The zero-order valence-corrected chi connectivity index (χ0v) is 14.0. The molecule has 0 saturated heterocycles. The molecule has 1 aromatic heterocycles. The molecule has 0 spiro atoms. The predicted octanol–water partition coefficient (Wildman–Crippen LogP) is 5.50. The Morgan fingerprint density at radius 3 is 2.75 bits per heavy atom. The van der Waals surface area contributed by atoms with Crippen molar-refractivity contribution in [2.45, 2.75) is 0 Å². The summed E-state index contributed by atoms with van der Waals surface area (Å²) < 4.78 is 0. The van der Waals surface area contributed by atoms with E-state index in [1.807, 2.05) is 48.5 Å². The number of thiazole rings is 1. The number of aromatic nitrogens is 1. The molecule has 2 aromatic carbocycles. The van der Waals surface area contributed by atoms with Crippen LogP contribution < -0.4 is 5.32 Å². The van der Waals surface area contributed by atoms with Crippen molar-refractivity contribution in [3.8, 4) is 5.88 Å². The van der Waals surface area contributed by atoms with Crippen molar-refractivity contribution < 1.29 is 5.11 Å². The smallest absolute Gasteiger partial charge is 0.231 e. The second-order valence-electron chi connectivity index (χ2n) is 5.19. The Morgan fingerprint density at radius 1 is 1.08 bits per heavy atom. The number of aromatic hydroxyl groups is 1. The number of nitrogens with one attached hydrogen (secondary N) is 1. The summed E-state index contributed by atoms with van der Waals surface area (Å²) in [5.41, 5.74) is 3.68.